The van der Waals surface area contributed by atoms with Gasteiger partial charge in [0.25, 0.3) is 0 Å². The molecule has 138 valence electrons. The van der Waals surface area contributed by atoms with Crippen molar-refractivity contribution in [1.29, 1.82) is 0 Å². The summed E-state index contributed by atoms with van der Waals surface area (Å²) in [6.45, 7) is 3.20. The van der Waals surface area contributed by atoms with Gasteiger partial charge in [-0.05, 0) is 30.7 Å². The van der Waals surface area contributed by atoms with E-state index in [0.29, 0.717) is 0 Å². The molecule has 0 fully saturated rings. The van der Waals surface area contributed by atoms with Gasteiger partial charge in [0.2, 0.25) is 0 Å². The van der Waals surface area contributed by atoms with Gasteiger partial charge >= 0.3 is 28.2 Å². The molecule has 0 atom stereocenters. The summed E-state index contributed by atoms with van der Waals surface area (Å²) in [6.07, 6.45) is 4.16. The monoisotopic (exact) mass is 546 g/mol. The maximum atomic E-state index is 4.91. The number of hydrogen-bond donors (Lipinski definition) is 0. The molecule has 0 saturated carbocycles. The Bertz CT molecular complexity index is 976. The molecule has 0 saturated heterocycles. The van der Waals surface area contributed by atoms with Crippen LogP contribution in [0, 0.1) is 7.43 Å². The standard InChI is InChI=1S/C20H19N3.CH3.ClH.Pt/c1-2-3-14-23-18-12-5-4-11-17(18)22-20(23)16-10-6-8-15-9-7-13-21-19(15)16;;;/h4-13H,2-3,14H2,1H3;1H3;1H;/q;-1;;+2/p-1. The molecule has 26 heavy (non-hydrogen) atoms. The molecule has 0 unspecified atom stereocenters. The van der Waals surface area contributed by atoms with Crippen molar-refractivity contribution in [1.82, 2.24) is 14.5 Å². The summed E-state index contributed by atoms with van der Waals surface area (Å²) in [5, 5.41) is 1.15. The van der Waals surface area contributed by atoms with Crippen LogP contribution in [-0.4, -0.2) is 14.5 Å². The van der Waals surface area contributed by atoms with Crippen LogP contribution in [0.25, 0.3) is 33.3 Å². The molecule has 0 aliphatic rings. The van der Waals surface area contributed by atoms with E-state index in [1.165, 1.54) is 11.9 Å². The summed E-state index contributed by atoms with van der Waals surface area (Å²) >= 11 is 1.61. The Morgan fingerprint density at radius 1 is 1.00 bits per heavy atom. The van der Waals surface area contributed by atoms with Crippen LogP contribution in [0.4, 0.5) is 0 Å². The first kappa shape index (κ1) is 20.6. The van der Waals surface area contributed by atoms with E-state index in [1.54, 1.807) is 18.8 Å². The zero-order valence-corrected chi connectivity index (χ0v) is 18.0. The first-order valence-corrected chi connectivity index (χ1v) is 11.1. The van der Waals surface area contributed by atoms with Gasteiger partial charge in [0.1, 0.15) is 5.82 Å². The third kappa shape index (κ3) is 4.00. The summed E-state index contributed by atoms with van der Waals surface area (Å²) in [4.78, 5) is 9.50. The van der Waals surface area contributed by atoms with E-state index >= 15 is 0 Å². The number of hydrogen-bond acceptors (Lipinski definition) is 2. The fourth-order valence-corrected chi connectivity index (χ4v) is 3.11. The molecule has 0 aliphatic heterocycles. The second-order valence-electron chi connectivity index (χ2n) is 5.81. The molecule has 0 radical (unpaired) electrons. The third-order valence-electron chi connectivity index (χ3n) is 4.26. The first-order valence-electron chi connectivity index (χ1n) is 8.30. The fourth-order valence-electron chi connectivity index (χ4n) is 3.11. The molecule has 4 aromatic rings. The van der Waals surface area contributed by atoms with Crippen LogP contribution < -0.4 is 0 Å². The molecule has 2 aromatic heterocycles. The number of pyridine rings is 1. The van der Waals surface area contributed by atoms with Crippen LogP contribution >= 0.6 is 9.42 Å². The SMILES string of the molecule is CCCCn1c(-c2cccc3cccnc23)nc2ccccc21.[CH3-].[Cl][Pt+]. The van der Waals surface area contributed by atoms with Crippen LogP contribution in [-0.2, 0) is 25.3 Å². The van der Waals surface area contributed by atoms with Crippen LogP contribution in [0.1, 0.15) is 19.8 Å². The average molecular weight is 547 g/mol. The molecule has 5 heteroatoms. The number of imidazole rings is 1. The Balaban J connectivity index is 0.000000784. The van der Waals surface area contributed by atoms with Crippen molar-refractivity contribution in [3.63, 3.8) is 0 Å². The van der Waals surface area contributed by atoms with Gasteiger partial charge in [0.15, 0.2) is 0 Å². The van der Waals surface area contributed by atoms with E-state index in [2.05, 4.69) is 68.4 Å². The fraction of sp³-hybridized carbons (Fsp3) is 0.190. The van der Waals surface area contributed by atoms with Gasteiger partial charge < -0.3 is 12.0 Å². The zero-order chi connectivity index (χ0) is 17.6. The van der Waals surface area contributed by atoms with Gasteiger partial charge in [-0.1, -0.05) is 43.7 Å². The van der Waals surface area contributed by atoms with E-state index in [-0.39, 0.29) is 7.43 Å². The van der Waals surface area contributed by atoms with Gasteiger partial charge in [-0.15, -0.1) is 0 Å². The van der Waals surface area contributed by atoms with Gasteiger partial charge in [-0.25, -0.2) is 4.98 Å². The summed E-state index contributed by atoms with van der Waals surface area (Å²) < 4.78 is 2.34. The maximum absolute atomic E-state index is 4.91. The Hall–Kier alpha value is -1.70. The second-order valence-corrected chi connectivity index (χ2v) is 5.81. The summed E-state index contributed by atoms with van der Waals surface area (Å²) in [7, 11) is 4.61. The molecule has 3 nitrogen and oxygen atoms in total. The van der Waals surface area contributed by atoms with Crippen molar-refractivity contribution < 1.29 is 18.8 Å². The normalized spacial score (nSPS) is 10.3. The van der Waals surface area contributed by atoms with Crippen molar-refractivity contribution in [3.8, 4) is 11.4 Å². The summed E-state index contributed by atoms with van der Waals surface area (Å²) in [5.41, 5.74) is 4.37. The van der Waals surface area contributed by atoms with Crippen LogP contribution in [0.5, 0.6) is 0 Å². The quantitative estimate of drug-likeness (QED) is 0.286. The molecule has 4 rings (SSSR count). The third-order valence-corrected chi connectivity index (χ3v) is 4.26. The number of aryl methyl sites for hydroxylation is 1. The van der Waals surface area contributed by atoms with E-state index < -0.39 is 0 Å². The van der Waals surface area contributed by atoms with E-state index in [4.69, 9.17) is 4.98 Å². The molecule has 0 spiro atoms. The van der Waals surface area contributed by atoms with E-state index in [9.17, 15) is 0 Å². The molecular formula is C21H22ClN3Pt. The van der Waals surface area contributed by atoms with Crippen LogP contribution in [0.3, 0.4) is 0 Å². The number of halogens is 1. The van der Waals surface area contributed by atoms with Crippen molar-refractivity contribution in [2.45, 2.75) is 26.3 Å². The number of benzene rings is 2. The molecular weight excluding hydrogens is 525 g/mol. The van der Waals surface area contributed by atoms with Crippen molar-refractivity contribution in [2.75, 3.05) is 0 Å². The van der Waals surface area contributed by atoms with Crippen molar-refractivity contribution >= 4 is 31.4 Å². The predicted octanol–water partition coefficient (Wildman–Crippen LogP) is 6.19. The molecule has 2 aromatic carbocycles. The van der Waals surface area contributed by atoms with Crippen molar-refractivity contribution in [3.05, 3.63) is 68.2 Å². The number of unbranched alkanes of at least 4 members (excludes halogenated alkanes) is 1. The average Bonchev–Trinajstić information content (AvgIpc) is 3.06. The minimum absolute atomic E-state index is 0. The number of rotatable bonds is 4. The molecule has 2 heterocycles. The van der Waals surface area contributed by atoms with Gasteiger partial charge in [-0.2, -0.15) is 0 Å². The Labute approximate surface area is 170 Å². The molecule has 0 aliphatic carbocycles. The number of fused-ring (bicyclic) bond motifs is 2. The van der Waals surface area contributed by atoms with Gasteiger partial charge in [-0.3, -0.25) is 4.98 Å². The summed E-state index contributed by atoms with van der Waals surface area (Å²) in [6, 6.07) is 18.8. The Morgan fingerprint density at radius 2 is 1.77 bits per heavy atom. The first-order chi connectivity index (χ1) is 12.4. The zero-order valence-electron chi connectivity index (χ0n) is 14.9. The summed E-state index contributed by atoms with van der Waals surface area (Å²) in [5.74, 6) is 1.02. The minimum atomic E-state index is 0. The predicted molar refractivity (Wildman–Crippen MR) is 108 cm³/mol. The van der Waals surface area contributed by atoms with Crippen molar-refractivity contribution in [2.24, 2.45) is 0 Å². The molecule has 0 bridgehead atoms. The van der Waals surface area contributed by atoms with Crippen LogP contribution in [0.2, 0.25) is 0 Å². The van der Waals surface area contributed by atoms with Crippen LogP contribution in [0.15, 0.2) is 60.8 Å². The molecule has 0 amide bonds. The van der Waals surface area contributed by atoms with E-state index in [0.717, 1.165) is 40.8 Å². The molecule has 0 N–H and O–H groups in total. The van der Waals surface area contributed by atoms with E-state index in [1.807, 2.05) is 18.3 Å². The van der Waals surface area contributed by atoms with Gasteiger partial charge in [0, 0.05) is 23.7 Å². The van der Waals surface area contributed by atoms with Gasteiger partial charge in [0.05, 0.1) is 16.6 Å². The number of nitrogens with zero attached hydrogens (tertiary/aromatic N) is 3. The topological polar surface area (TPSA) is 30.7 Å². The Kier molecular flexibility index (Phi) is 7.81. The second kappa shape index (κ2) is 9.85. The Morgan fingerprint density at radius 3 is 2.58 bits per heavy atom. The number of para-hydroxylation sites is 3. The number of aromatic nitrogens is 3.